The van der Waals surface area contributed by atoms with Gasteiger partial charge in [0.05, 0.1) is 15.5 Å². The van der Waals surface area contributed by atoms with Crippen LogP contribution in [0.5, 0.6) is 0 Å². The Balaban J connectivity index is 2.81. The summed E-state index contributed by atoms with van der Waals surface area (Å²) in [5.74, 6) is 0. The topological polar surface area (TPSA) is 26.3 Å². The van der Waals surface area contributed by atoms with Crippen LogP contribution in [0.2, 0.25) is 0 Å². The molecule has 0 fully saturated rings. The van der Waals surface area contributed by atoms with E-state index in [9.17, 15) is 0 Å². The molecule has 2 nitrogen and oxygen atoms in total. The van der Waals surface area contributed by atoms with Crippen molar-refractivity contribution in [3.05, 3.63) is 45.5 Å². The lowest BCUT2D eigenvalue weighted by Gasteiger charge is -2.23. The highest BCUT2D eigenvalue weighted by Crippen LogP contribution is 2.47. The molecule has 0 bridgehead atoms. The summed E-state index contributed by atoms with van der Waals surface area (Å²) in [5.41, 5.74) is 9.44. The van der Waals surface area contributed by atoms with E-state index in [1.54, 1.807) is 0 Å². The van der Waals surface area contributed by atoms with Crippen LogP contribution in [-0.4, -0.2) is 0 Å². The van der Waals surface area contributed by atoms with Crippen LogP contribution in [0.3, 0.4) is 0 Å². The zero-order valence-corrected chi connectivity index (χ0v) is 21.3. The predicted molar refractivity (Wildman–Crippen MR) is 127 cm³/mol. The van der Waals surface area contributed by atoms with Crippen molar-refractivity contribution in [2.45, 2.75) is 80.1 Å². The molecular weight excluding hydrogens is 431 g/mol. The van der Waals surface area contributed by atoms with E-state index >= 15 is 0 Å². The molecule has 0 aliphatic carbocycles. The van der Waals surface area contributed by atoms with Gasteiger partial charge in [-0.3, -0.25) is 0 Å². The zero-order chi connectivity index (χ0) is 21.2. The van der Waals surface area contributed by atoms with Gasteiger partial charge in [0.2, 0.25) is 0 Å². The van der Waals surface area contributed by atoms with Gasteiger partial charge in [-0.15, -0.1) is 0 Å². The second-order valence-electron chi connectivity index (χ2n) is 10.0. The number of rotatable bonds is 0. The number of hydrogen-bond acceptors (Lipinski definition) is 2. The SMILES string of the molecule is Cc1cc(C(C)(C)C)c2op(Br)oc3c(C(C)(C)C)cc(C)c(C)c3c2c1C. The molecule has 3 aromatic rings. The highest BCUT2D eigenvalue weighted by Gasteiger charge is 2.26. The molecule has 0 N–H and O–H groups in total. The van der Waals surface area contributed by atoms with Gasteiger partial charge >= 0.3 is 0 Å². The number of fused-ring (bicyclic) bond motifs is 3. The predicted octanol–water partition coefficient (Wildman–Crippen LogP) is 9.28. The molecule has 0 saturated heterocycles. The van der Waals surface area contributed by atoms with Crippen molar-refractivity contribution in [1.29, 1.82) is 0 Å². The van der Waals surface area contributed by atoms with Crippen molar-refractivity contribution < 1.29 is 8.39 Å². The summed E-state index contributed by atoms with van der Waals surface area (Å²) in [7, 11) is 0. The molecule has 2 aromatic carbocycles. The molecule has 0 aliphatic heterocycles. The number of aryl methyl sites for hydroxylation is 4. The van der Waals surface area contributed by atoms with Crippen LogP contribution in [0.1, 0.15) is 74.9 Å². The minimum atomic E-state index is -1.25. The Morgan fingerprint density at radius 2 is 1.00 bits per heavy atom. The summed E-state index contributed by atoms with van der Waals surface area (Å²) < 4.78 is 12.9. The molecule has 4 heteroatoms. The molecule has 1 heterocycles. The largest absolute Gasteiger partial charge is 0.411 e. The first-order valence-electron chi connectivity index (χ1n) is 9.85. The maximum atomic E-state index is 6.45. The first-order chi connectivity index (χ1) is 12.7. The standard InChI is InChI=1S/C24H32BrO2P/c1-13-11-17(23(5,6)7)21-19(15(13)3)20-16(4)14(2)12-18(24(8,9)10)22(20)27-28(25)26-21/h11-12H,1-10H3. The molecule has 3 rings (SSSR count). The number of halogens is 1. The fraction of sp³-hybridized carbons (Fsp3) is 0.500. The van der Waals surface area contributed by atoms with Crippen molar-refractivity contribution in [3.63, 3.8) is 0 Å². The van der Waals surface area contributed by atoms with E-state index in [1.165, 1.54) is 44.2 Å². The highest BCUT2D eigenvalue weighted by atomic mass is 79.9. The van der Waals surface area contributed by atoms with Gasteiger partial charge in [-0.2, -0.15) is 0 Å². The van der Waals surface area contributed by atoms with Gasteiger partial charge in [-0.1, -0.05) is 53.7 Å². The van der Waals surface area contributed by atoms with Crippen LogP contribution in [0, 0.1) is 27.7 Å². The first kappa shape index (κ1) is 21.5. The van der Waals surface area contributed by atoms with Gasteiger partial charge in [-0.25, -0.2) is 0 Å². The number of hydrogen-bond donors (Lipinski definition) is 0. The molecule has 28 heavy (non-hydrogen) atoms. The fourth-order valence-corrected chi connectivity index (χ4v) is 5.43. The van der Waals surface area contributed by atoms with Crippen LogP contribution in [0.15, 0.2) is 20.5 Å². The Labute approximate surface area is 178 Å². The molecule has 0 aliphatic rings. The third kappa shape index (κ3) is 3.57. The molecule has 0 spiro atoms. The summed E-state index contributed by atoms with van der Waals surface area (Å²) in [4.78, 5) is 0. The molecule has 0 saturated carbocycles. The van der Waals surface area contributed by atoms with Gasteiger partial charge in [0.15, 0.2) is 0 Å². The Morgan fingerprint density at radius 3 is 1.29 bits per heavy atom. The molecule has 0 atom stereocenters. The number of benzene rings is 2. The van der Waals surface area contributed by atoms with Crippen LogP contribution in [0.25, 0.3) is 21.9 Å². The highest BCUT2D eigenvalue weighted by molar-refractivity contribution is 9.37. The van der Waals surface area contributed by atoms with Crippen molar-refractivity contribution in [1.82, 2.24) is 0 Å². The Kier molecular flexibility index (Phi) is 5.35. The molecule has 0 radical (unpaired) electrons. The quantitative estimate of drug-likeness (QED) is 0.332. The van der Waals surface area contributed by atoms with E-state index in [0.29, 0.717) is 0 Å². The van der Waals surface area contributed by atoms with Crippen molar-refractivity contribution >= 4 is 44.1 Å². The summed E-state index contributed by atoms with van der Waals surface area (Å²) in [6.07, 6.45) is 0. The van der Waals surface area contributed by atoms with E-state index in [-0.39, 0.29) is 10.8 Å². The first-order valence-corrected chi connectivity index (χ1v) is 13.0. The van der Waals surface area contributed by atoms with Crippen molar-refractivity contribution in [2.24, 2.45) is 0 Å². The average Bonchev–Trinajstić information content (AvgIpc) is 2.68. The minimum absolute atomic E-state index is 0.0270. The Bertz CT molecular complexity index is 1040. The van der Waals surface area contributed by atoms with E-state index in [4.69, 9.17) is 8.39 Å². The minimum Gasteiger partial charge on any atom is -0.411 e. The normalized spacial score (nSPS) is 12.8. The molecule has 1 aromatic heterocycles. The summed E-state index contributed by atoms with van der Waals surface area (Å²) >= 11 is 3.69. The summed E-state index contributed by atoms with van der Waals surface area (Å²) in [5, 5.41) is 2.38. The van der Waals surface area contributed by atoms with Gasteiger partial charge < -0.3 is 8.39 Å². The van der Waals surface area contributed by atoms with Gasteiger partial charge in [0, 0.05) is 21.9 Å². The van der Waals surface area contributed by atoms with E-state index in [0.717, 1.165) is 11.2 Å². The van der Waals surface area contributed by atoms with E-state index in [1.807, 2.05) is 0 Å². The maximum Gasteiger partial charge on any atom is 0.294 e. The van der Waals surface area contributed by atoms with Crippen LogP contribution in [0.4, 0.5) is 0 Å². The summed E-state index contributed by atoms with van der Waals surface area (Å²) in [6, 6.07) is 4.57. The van der Waals surface area contributed by atoms with Gasteiger partial charge in [0.1, 0.15) is 11.2 Å². The Morgan fingerprint density at radius 1 is 0.679 bits per heavy atom. The average molecular weight is 463 g/mol. The third-order valence-corrected chi connectivity index (χ3v) is 7.31. The zero-order valence-electron chi connectivity index (χ0n) is 18.8. The maximum absolute atomic E-state index is 6.45. The molecular formula is C24H32BrO2P. The molecule has 0 amide bonds. The van der Waals surface area contributed by atoms with Crippen LogP contribution < -0.4 is 0 Å². The van der Waals surface area contributed by atoms with E-state index in [2.05, 4.69) is 96.9 Å². The van der Waals surface area contributed by atoms with E-state index < -0.39 is 6.72 Å². The second kappa shape index (κ2) is 6.96. The third-order valence-electron chi connectivity index (χ3n) is 5.79. The fourth-order valence-electron chi connectivity index (χ4n) is 3.85. The van der Waals surface area contributed by atoms with Crippen LogP contribution in [-0.2, 0) is 10.8 Å². The smallest absolute Gasteiger partial charge is 0.294 e. The lowest BCUT2D eigenvalue weighted by molar-refractivity contribution is 0.570. The monoisotopic (exact) mass is 462 g/mol. The molecule has 152 valence electrons. The molecule has 0 unspecified atom stereocenters. The van der Waals surface area contributed by atoms with Gasteiger partial charge in [-0.05, 0) is 60.8 Å². The lowest BCUT2D eigenvalue weighted by Crippen LogP contribution is -2.13. The van der Waals surface area contributed by atoms with Crippen molar-refractivity contribution in [2.75, 3.05) is 0 Å². The lowest BCUT2D eigenvalue weighted by atomic mass is 9.81. The van der Waals surface area contributed by atoms with Crippen molar-refractivity contribution in [3.8, 4) is 0 Å². The Hall–Kier alpha value is -1.18. The van der Waals surface area contributed by atoms with Gasteiger partial charge in [0.25, 0.3) is 6.72 Å². The second-order valence-corrected chi connectivity index (χ2v) is 12.6. The summed E-state index contributed by atoms with van der Waals surface area (Å²) in [6.45, 7) is 21.0. The van der Waals surface area contributed by atoms with Crippen LogP contribution >= 0.6 is 22.2 Å².